The van der Waals surface area contributed by atoms with Crippen LogP contribution in [0.5, 0.6) is 0 Å². The average molecular weight is 262 g/mol. The summed E-state index contributed by atoms with van der Waals surface area (Å²) in [7, 11) is 0. The monoisotopic (exact) mass is 262 g/mol. The molecule has 4 N–H and O–H groups in total. The summed E-state index contributed by atoms with van der Waals surface area (Å²) in [6, 6.07) is 2.46. The maximum Gasteiger partial charge on any atom is 0.405 e. The topological polar surface area (TPSA) is 101 Å². The minimum Gasteiger partial charge on any atom is -0.409 e. The number of amides is 1. The summed E-state index contributed by atoms with van der Waals surface area (Å²) in [5, 5.41) is 12.7. The first-order valence-electron chi connectivity index (χ1n) is 4.62. The molecular weight excluding hydrogens is 253 g/mol. The molecule has 0 radical (unpaired) electrons. The Morgan fingerprint density at radius 1 is 1.50 bits per heavy atom. The van der Waals surface area contributed by atoms with Gasteiger partial charge < -0.3 is 16.3 Å². The number of carbonyl (C=O) groups is 1. The van der Waals surface area contributed by atoms with Gasteiger partial charge in [0, 0.05) is 11.8 Å². The van der Waals surface area contributed by atoms with Crippen LogP contribution in [0.1, 0.15) is 16.1 Å². The van der Waals surface area contributed by atoms with Crippen LogP contribution in [0, 0.1) is 0 Å². The average Bonchev–Trinajstić information content (AvgIpc) is 2.34. The van der Waals surface area contributed by atoms with Crippen LogP contribution >= 0.6 is 0 Å². The maximum absolute atomic E-state index is 11.9. The van der Waals surface area contributed by atoms with E-state index in [2.05, 4.69) is 10.1 Å². The van der Waals surface area contributed by atoms with E-state index in [-0.39, 0.29) is 17.1 Å². The van der Waals surface area contributed by atoms with Crippen molar-refractivity contribution in [3.05, 3.63) is 29.6 Å². The van der Waals surface area contributed by atoms with E-state index in [9.17, 15) is 18.0 Å². The van der Waals surface area contributed by atoms with Crippen molar-refractivity contribution in [2.75, 3.05) is 6.54 Å². The highest BCUT2D eigenvalue weighted by Crippen LogP contribution is 2.12. The molecule has 1 rings (SSSR count). The Kier molecular flexibility index (Phi) is 4.08. The molecule has 1 aromatic heterocycles. The lowest BCUT2D eigenvalue weighted by atomic mass is 10.2. The lowest BCUT2D eigenvalue weighted by Gasteiger charge is -2.07. The maximum atomic E-state index is 11.9. The number of alkyl halides is 3. The molecule has 6 nitrogen and oxygen atoms in total. The van der Waals surface area contributed by atoms with Crippen LogP contribution in [0.2, 0.25) is 0 Å². The number of halogens is 3. The predicted molar refractivity (Wildman–Crippen MR) is 55.1 cm³/mol. The number of hydrogen-bond donors (Lipinski definition) is 3. The SMILES string of the molecule is N/C(=N/O)c1ccc(C(=O)NCC(F)(F)F)nc1. The van der Waals surface area contributed by atoms with Crippen molar-refractivity contribution in [2.24, 2.45) is 10.9 Å². The van der Waals surface area contributed by atoms with Gasteiger partial charge in [0.05, 0.1) is 0 Å². The van der Waals surface area contributed by atoms with Gasteiger partial charge >= 0.3 is 6.18 Å². The number of pyridine rings is 1. The first-order valence-corrected chi connectivity index (χ1v) is 4.62. The molecule has 0 saturated carbocycles. The van der Waals surface area contributed by atoms with E-state index in [4.69, 9.17) is 10.9 Å². The Morgan fingerprint density at radius 3 is 2.61 bits per heavy atom. The van der Waals surface area contributed by atoms with Gasteiger partial charge in [0.1, 0.15) is 12.2 Å². The molecule has 1 amide bonds. The van der Waals surface area contributed by atoms with Crippen molar-refractivity contribution in [3.63, 3.8) is 0 Å². The van der Waals surface area contributed by atoms with Crippen LogP contribution in [-0.2, 0) is 0 Å². The highest BCUT2D eigenvalue weighted by Gasteiger charge is 2.28. The fourth-order valence-corrected chi connectivity index (χ4v) is 1.01. The molecule has 0 bridgehead atoms. The molecule has 1 aromatic rings. The summed E-state index contributed by atoms with van der Waals surface area (Å²) in [6.45, 7) is -1.44. The standard InChI is InChI=1S/C9H9F3N4O2/c10-9(11,12)4-15-8(17)6-2-1-5(3-14-6)7(13)16-18/h1-3,18H,4H2,(H2,13,16)(H,15,17). The minimum absolute atomic E-state index is 0.200. The molecule has 0 aliphatic rings. The van der Waals surface area contributed by atoms with E-state index in [1.807, 2.05) is 0 Å². The summed E-state index contributed by atoms with van der Waals surface area (Å²) in [6.07, 6.45) is -3.37. The molecule has 98 valence electrons. The quantitative estimate of drug-likeness (QED) is 0.319. The zero-order chi connectivity index (χ0) is 13.8. The van der Waals surface area contributed by atoms with Gasteiger partial charge in [-0.3, -0.25) is 9.78 Å². The number of oxime groups is 1. The number of hydrogen-bond acceptors (Lipinski definition) is 4. The van der Waals surface area contributed by atoms with Gasteiger partial charge in [-0.15, -0.1) is 0 Å². The minimum atomic E-state index is -4.48. The molecule has 1 heterocycles. The summed E-state index contributed by atoms with van der Waals surface area (Å²) < 4.78 is 35.6. The van der Waals surface area contributed by atoms with Gasteiger partial charge in [0.15, 0.2) is 5.84 Å². The van der Waals surface area contributed by atoms with Crippen LogP contribution in [0.4, 0.5) is 13.2 Å². The second-order valence-corrected chi connectivity index (χ2v) is 3.22. The highest BCUT2D eigenvalue weighted by molar-refractivity contribution is 5.98. The number of nitrogens with two attached hydrogens (primary N) is 1. The second-order valence-electron chi connectivity index (χ2n) is 3.22. The molecule has 0 aromatic carbocycles. The lowest BCUT2D eigenvalue weighted by molar-refractivity contribution is -0.123. The number of aromatic nitrogens is 1. The summed E-state index contributed by atoms with van der Waals surface area (Å²) in [4.78, 5) is 14.9. The van der Waals surface area contributed by atoms with Crippen molar-refractivity contribution in [1.82, 2.24) is 10.3 Å². The summed E-state index contributed by atoms with van der Waals surface area (Å²) in [5.74, 6) is -1.18. The Morgan fingerprint density at radius 2 is 2.17 bits per heavy atom. The van der Waals surface area contributed by atoms with Crippen molar-refractivity contribution < 1.29 is 23.2 Å². The fraction of sp³-hybridized carbons (Fsp3) is 0.222. The van der Waals surface area contributed by atoms with E-state index in [1.165, 1.54) is 12.1 Å². The number of carbonyl (C=O) groups excluding carboxylic acids is 1. The molecule has 0 atom stereocenters. The number of nitrogens with one attached hydrogen (secondary N) is 1. The highest BCUT2D eigenvalue weighted by atomic mass is 19.4. The van der Waals surface area contributed by atoms with Gasteiger partial charge in [0.2, 0.25) is 0 Å². The number of nitrogens with zero attached hydrogens (tertiary/aromatic N) is 2. The molecule has 0 aliphatic carbocycles. The number of amidine groups is 1. The molecule has 0 saturated heterocycles. The molecule has 0 fully saturated rings. The van der Waals surface area contributed by atoms with Crippen LogP contribution in [-0.4, -0.2) is 34.7 Å². The van der Waals surface area contributed by atoms with Gasteiger partial charge in [-0.05, 0) is 12.1 Å². The van der Waals surface area contributed by atoms with Crippen molar-refractivity contribution in [3.8, 4) is 0 Å². The van der Waals surface area contributed by atoms with Crippen LogP contribution in [0.15, 0.2) is 23.5 Å². The first kappa shape index (κ1) is 13.7. The molecule has 0 aliphatic heterocycles. The Bertz CT molecular complexity index is 456. The van der Waals surface area contributed by atoms with Crippen molar-refractivity contribution >= 4 is 11.7 Å². The lowest BCUT2D eigenvalue weighted by Crippen LogP contribution is -2.34. The van der Waals surface area contributed by atoms with Crippen LogP contribution < -0.4 is 11.1 Å². The molecule has 9 heteroatoms. The molecular formula is C9H9F3N4O2. The third-order valence-electron chi connectivity index (χ3n) is 1.85. The zero-order valence-electron chi connectivity index (χ0n) is 8.90. The van der Waals surface area contributed by atoms with Crippen molar-refractivity contribution in [2.45, 2.75) is 6.18 Å². The first-order chi connectivity index (χ1) is 8.33. The van der Waals surface area contributed by atoms with Crippen molar-refractivity contribution in [1.29, 1.82) is 0 Å². The van der Waals surface area contributed by atoms with E-state index >= 15 is 0 Å². The third-order valence-corrected chi connectivity index (χ3v) is 1.85. The van der Waals surface area contributed by atoms with Crippen LogP contribution in [0.25, 0.3) is 0 Å². The summed E-state index contributed by atoms with van der Waals surface area (Å²) in [5.41, 5.74) is 5.29. The Labute approximate surface area is 99.3 Å². The number of rotatable bonds is 3. The van der Waals surface area contributed by atoms with Gasteiger partial charge in [-0.25, -0.2) is 0 Å². The molecule has 0 unspecified atom stereocenters. The second kappa shape index (κ2) is 5.34. The van der Waals surface area contributed by atoms with Gasteiger partial charge in [0.25, 0.3) is 5.91 Å². The smallest absolute Gasteiger partial charge is 0.405 e. The summed E-state index contributed by atoms with van der Waals surface area (Å²) >= 11 is 0. The van der Waals surface area contributed by atoms with E-state index in [0.717, 1.165) is 6.20 Å². The van der Waals surface area contributed by atoms with E-state index < -0.39 is 18.6 Å². The van der Waals surface area contributed by atoms with Gasteiger partial charge in [-0.1, -0.05) is 5.16 Å². The van der Waals surface area contributed by atoms with Crippen LogP contribution in [0.3, 0.4) is 0 Å². The predicted octanol–water partition coefficient (Wildman–Crippen LogP) is 0.468. The Balaban J connectivity index is 2.71. The Hall–Kier alpha value is -2.32. The normalized spacial score (nSPS) is 12.3. The molecule has 18 heavy (non-hydrogen) atoms. The fourth-order valence-electron chi connectivity index (χ4n) is 1.01. The third kappa shape index (κ3) is 3.92. The van der Waals surface area contributed by atoms with Gasteiger partial charge in [-0.2, -0.15) is 13.2 Å². The van der Waals surface area contributed by atoms with E-state index in [0.29, 0.717) is 0 Å². The van der Waals surface area contributed by atoms with E-state index in [1.54, 1.807) is 5.32 Å². The zero-order valence-corrected chi connectivity index (χ0v) is 8.90. The molecule has 0 spiro atoms. The largest absolute Gasteiger partial charge is 0.409 e.